The molecule has 0 radical (unpaired) electrons. The molecule has 1 atom stereocenters. The van der Waals surface area contributed by atoms with E-state index in [9.17, 15) is 9.59 Å². The van der Waals surface area contributed by atoms with Gasteiger partial charge in [-0.3, -0.25) is 15.0 Å². The standard InChI is InChI=1S/C22H33N5O2/c23-21(24)17-11-9-16(10-12-17)14-26-22(29)19-8-5-13-27(19)20(28)15-25-18-6-3-1-2-4-7-18/h9-12,18-19,25H,1-8,13-15H2,(H3,23,24)(H,26,29). The molecule has 1 saturated carbocycles. The molecule has 2 aliphatic rings. The van der Waals surface area contributed by atoms with Crippen molar-refractivity contribution in [1.29, 1.82) is 5.41 Å². The van der Waals surface area contributed by atoms with Crippen molar-refractivity contribution in [3.8, 4) is 0 Å². The van der Waals surface area contributed by atoms with Crippen LogP contribution in [-0.2, 0) is 16.1 Å². The van der Waals surface area contributed by atoms with Crippen molar-refractivity contribution in [2.24, 2.45) is 5.73 Å². The van der Waals surface area contributed by atoms with Crippen LogP contribution in [-0.4, -0.2) is 47.7 Å². The monoisotopic (exact) mass is 399 g/mol. The molecule has 29 heavy (non-hydrogen) atoms. The zero-order valence-corrected chi connectivity index (χ0v) is 17.1. The Morgan fingerprint density at radius 1 is 1.03 bits per heavy atom. The maximum Gasteiger partial charge on any atom is 0.243 e. The van der Waals surface area contributed by atoms with Crippen LogP contribution < -0.4 is 16.4 Å². The number of hydrogen-bond acceptors (Lipinski definition) is 4. The smallest absolute Gasteiger partial charge is 0.243 e. The highest BCUT2D eigenvalue weighted by atomic mass is 16.2. The topological polar surface area (TPSA) is 111 Å². The van der Waals surface area contributed by atoms with Crippen molar-refractivity contribution in [1.82, 2.24) is 15.5 Å². The molecule has 0 aromatic heterocycles. The first-order chi connectivity index (χ1) is 14.0. The third kappa shape index (κ3) is 6.03. The highest BCUT2D eigenvalue weighted by molar-refractivity contribution is 5.94. The van der Waals surface area contributed by atoms with Gasteiger partial charge in [-0.25, -0.2) is 0 Å². The van der Waals surface area contributed by atoms with E-state index in [0.29, 0.717) is 37.7 Å². The number of carbonyl (C=O) groups excluding carboxylic acids is 2. The predicted molar refractivity (Wildman–Crippen MR) is 114 cm³/mol. The summed E-state index contributed by atoms with van der Waals surface area (Å²) in [5.74, 6) is -0.0446. The quantitative estimate of drug-likeness (QED) is 0.319. The number of amidine groups is 1. The normalized spacial score (nSPS) is 20.3. The Morgan fingerprint density at radius 2 is 1.72 bits per heavy atom. The van der Waals surface area contributed by atoms with E-state index in [4.69, 9.17) is 11.1 Å². The second-order valence-electron chi connectivity index (χ2n) is 8.14. The summed E-state index contributed by atoms with van der Waals surface area (Å²) >= 11 is 0. The SMILES string of the molecule is N=C(N)c1ccc(CNC(=O)C2CCCN2C(=O)CNC2CCCCCC2)cc1. The highest BCUT2D eigenvalue weighted by Crippen LogP contribution is 2.19. The van der Waals surface area contributed by atoms with Gasteiger partial charge >= 0.3 is 0 Å². The van der Waals surface area contributed by atoms with E-state index in [1.807, 2.05) is 12.1 Å². The Bertz CT molecular complexity index is 710. The molecule has 2 amide bonds. The second-order valence-corrected chi connectivity index (χ2v) is 8.14. The summed E-state index contributed by atoms with van der Waals surface area (Å²) in [6.45, 7) is 1.37. The van der Waals surface area contributed by atoms with Gasteiger partial charge in [-0.05, 0) is 31.2 Å². The number of hydrogen-bond donors (Lipinski definition) is 4. The summed E-state index contributed by atoms with van der Waals surface area (Å²) in [4.78, 5) is 27.1. The first-order valence-electron chi connectivity index (χ1n) is 10.8. The Hall–Kier alpha value is -2.41. The first kappa shape index (κ1) is 21.3. The number of benzene rings is 1. The average Bonchev–Trinajstić information content (AvgIpc) is 3.07. The fourth-order valence-corrected chi connectivity index (χ4v) is 4.26. The number of nitrogens with zero attached hydrogens (tertiary/aromatic N) is 1. The molecule has 7 heteroatoms. The molecular weight excluding hydrogens is 366 g/mol. The molecule has 1 heterocycles. The largest absolute Gasteiger partial charge is 0.384 e. The van der Waals surface area contributed by atoms with Gasteiger partial charge < -0.3 is 21.3 Å². The number of nitrogens with one attached hydrogen (secondary N) is 3. The molecule has 1 saturated heterocycles. The molecule has 1 unspecified atom stereocenters. The van der Waals surface area contributed by atoms with Crippen LogP contribution in [0.3, 0.4) is 0 Å². The lowest BCUT2D eigenvalue weighted by Gasteiger charge is -2.25. The minimum atomic E-state index is -0.380. The van der Waals surface area contributed by atoms with Crippen LogP contribution in [0.5, 0.6) is 0 Å². The fraction of sp³-hybridized carbons (Fsp3) is 0.591. The van der Waals surface area contributed by atoms with Gasteiger partial charge in [0.15, 0.2) is 0 Å². The van der Waals surface area contributed by atoms with Crippen LogP contribution in [0, 0.1) is 5.41 Å². The van der Waals surface area contributed by atoms with Crippen LogP contribution in [0.25, 0.3) is 0 Å². The predicted octanol–water partition coefficient (Wildman–Crippen LogP) is 1.89. The van der Waals surface area contributed by atoms with Gasteiger partial charge in [0.05, 0.1) is 6.54 Å². The molecule has 5 N–H and O–H groups in total. The lowest BCUT2D eigenvalue weighted by atomic mass is 10.1. The van der Waals surface area contributed by atoms with Crippen LogP contribution in [0.1, 0.15) is 62.5 Å². The minimum absolute atomic E-state index is 0.0257. The first-order valence-corrected chi connectivity index (χ1v) is 10.8. The number of rotatable bonds is 7. The van der Waals surface area contributed by atoms with E-state index in [1.165, 1.54) is 25.7 Å². The molecule has 1 aliphatic carbocycles. The van der Waals surface area contributed by atoms with Crippen molar-refractivity contribution in [2.45, 2.75) is 70.0 Å². The number of likely N-dealkylation sites (tertiary alicyclic amines) is 1. The van der Waals surface area contributed by atoms with Crippen molar-refractivity contribution in [3.63, 3.8) is 0 Å². The van der Waals surface area contributed by atoms with Gasteiger partial charge in [0.1, 0.15) is 11.9 Å². The highest BCUT2D eigenvalue weighted by Gasteiger charge is 2.33. The fourth-order valence-electron chi connectivity index (χ4n) is 4.26. The van der Waals surface area contributed by atoms with E-state index in [0.717, 1.165) is 24.8 Å². The maximum atomic E-state index is 12.7. The Morgan fingerprint density at radius 3 is 2.38 bits per heavy atom. The number of nitrogens with two attached hydrogens (primary N) is 1. The van der Waals surface area contributed by atoms with Crippen LogP contribution in [0.4, 0.5) is 0 Å². The number of nitrogen functional groups attached to an aromatic ring is 1. The summed E-state index contributed by atoms with van der Waals surface area (Å²) in [7, 11) is 0. The van der Waals surface area contributed by atoms with Crippen LogP contribution in [0.2, 0.25) is 0 Å². The summed E-state index contributed by atoms with van der Waals surface area (Å²) in [5, 5.41) is 13.8. The Labute approximate surface area is 172 Å². The summed E-state index contributed by atoms with van der Waals surface area (Å²) < 4.78 is 0. The van der Waals surface area contributed by atoms with Crippen molar-refractivity contribution >= 4 is 17.6 Å². The van der Waals surface area contributed by atoms with Crippen LogP contribution >= 0.6 is 0 Å². The zero-order chi connectivity index (χ0) is 20.6. The number of carbonyl (C=O) groups is 2. The van der Waals surface area contributed by atoms with E-state index >= 15 is 0 Å². The van der Waals surface area contributed by atoms with Gasteiger partial charge in [-0.1, -0.05) is 49.9 Å². The van der Waals surface area contributed by atoms with E-state index in [-0.39, 0.29) is 23.7 Å². The number of amides is 2. The molecular formula is C22H33N5O2. The summed E-state index contributed by atoms with van der Waals surface area (Å²) in [6.07, 6.45) is 8.89. The molecule has 1 aromatic carbocycles. The lowest BCUT2D eigenvalue weighted by molar-refractivity contribution is -0.137. The van der Waals surface area contributed by atoms with Gasteiger partial charge in [0.2, 0.25) is 11.8 Å². The molecule has 0 spiro atoms. The van der Waals surface area contributed by atoms with E-state index in [1.54, 1.807) is 17.0 Å². The Kier molecular flexibility index (Phi) is 7.63. The summed E-state index contributed by atoms with van der Waals surface area (Å²) in [6, 6.07) is 7.29. The van der Waals surface area contributed by atoms with E-state index < -0.39 is 0 Å². The molecule has 1 aliphatic heterocycles. The van der Waals surface area contributed by atoms with Crippen LogP contribution in [0.15, 0.2) is 24.3 Å². The Balaban J connectivity index is 1.47. The van der Waals surface area contributed by atoms with Gasteiger partial charge in [0, 0.05) is 24.7 Å². The lowest BCUT2D eigenvalue weighted by Crippen LogP contribution is -2.49. The zero-order valence-electron chi connectivity index (χ0n) is 17.1. The minimum Gasteiger partial charge on any atom is -0.384 e. The molecule has 2 fully saturated rings. The van der Waals surface area contributed by atoms with Crippen molar-refractivity contribution in [2.75, 3.05) is 13.1 Å². The van der Waals surface area contributed by atoms with E-state index in [2.05, 4.69) is 10.6 Å². The average molecular weight is 400 g/mol. The maximum absolute atomic E-state index is 12.7. The van der Waals surface area contributed by atoms with Crippen molar-refractivity contribution in [3.05, 3.63) is 35.4 Å². The summed E-state index contributed by atoms with van der Waals surface area (Å²) in [5.41, 5.74) is 7.06. The third-order valence-corrected chi connectivity index (χ3v) is 6.00. The molecule has 158 valence electrons. The molecule has 1 aromatic rings. The molecule has 3 rings (SSSR count). The second kappa shape index (κ2) is 10.4. The third-order valence-electron chi connectivity index (χ3n) is 6.00. The van der Waals surface area contributed by atoms with Gasteiger partial charge in [-0.15, -0.1) is 0 Å². The van der Waals surface area contributed by atoms with Gasteiger partial charge in [0.25, 0.3) is 0 Å². The molecule has 7 nitrogen and oxygen atoms in total. The molecule has 0 bridgehead atoms. The van der Waals surface area contributed by atoms with Crippen molar-refractivity contribution < 1.29 is 9.59 Å². The van der Waals surface area contributed by atoms with Gasteiger partial charge in [-0.2, -0.15) is 0 Å².